The van der Waals surface area contributed by atoms with Gasteiger partial charge in [-0.2, -0.15) is 4.98 Å². The molecule has 1 unspecified atom stereocenters. The summed E-state index contributed by atoms with van der Waals surface area (Å²) in [7, 11) is 2.02. The highest BCUT2D eigenvalue weighted by Crippen LogP contribution is 2.22. The van der Waals surface area contributed by atoms with Crippen LogP contribution in [0.4, 0.5) is 0 Å². The zero-order valence-electron chi connectivity index (χ0n) is 12.8. The van der Waals surface area contributed by atoms with Crippen LogP contribution in [-0.4, -0.2) is 41.7 Å². The third-order valence-electron chi connectivity index (χ3n) is 4.01. The molecule has 0 bridgehead atoms. The normalized spacial score (nSPS) is 19.5. The molecule has 1 fully saturated rings. The molecule has 1 aliphatic rings. The van der Waals surface area contributed by atoms with Gasteiger partial charge in [0.15, 0.2) is 0 Å². The Kier molecular flexibility index (Phi) is 5.23. The minimum absolute atomic E-state index is 0.653. The molecular weight excluding hydrogens is 344 g/mol. The summed E-state index contributed by atoms with van der Waals surface area (Å²) in [6.07, 6.45) is 2.53. The molecule has 0 saturated carbocycles. The van der Waals surface area contributed by atoms with Gasteiger partial charge in [0.1, 0.15) is 0 Å². The van der Waals surface area contributed by atoms with Gasteiger partial charge in [-0.25, -0.2) is 0 Å². The largest absolute Gasteiger partial charge is 0.338 e. The molecule has 1 aromatic heterocycles. The van der Waals surface area contributed by atoms with Crippen LogP contribution in [0.3, 0.4) is 0 Å². The molecule has 3 rings (SSSR count). The van der Waals surface area contributed by atoms with Crippen molar-refractivity contribution in [2.45, 2.75) is 19.4 Å². The monoisotopic (exact) mass is 364 g/mol. The molecular formula is C16H21BrN4O. The number of piperidine rings is 1. The van der Waals surface area contributed by atoms with Gasteiger partial charge in [0.05, 0.1) is 6.54 Å². The van der Waals surface area contributed by atoms with E-state index in [1.54, 1.807) is 0 Å². The number of aromatic nitrogens is 2. The predicted molar refractivity (Wildman–Crippen MR) is 89.4 cm³/mol. The Labute approximate surface area is 139 Å². The Morgan fingerprint density at radius 2 is 2.36 bits per heavy atom. The molecule has 0 aliphatic carbocycles. The molecule has 2 aromatic rings. The van der Waals surface area contributed by atoms with Crippen LogP contribution in [-0.2, 0) is 6.54 Å². The molecule has 22 heavy (non-hydrogen) atoms. The van der Waals surface area contributed by atoms with Crippen molar-refractivity contribution in [1.29, 1.82) is 0 Å². The Hall–Kier alpha value is -1.24. The van der Waals surface area contributed by atoms with Crippen molar-refractivity contribution in [2.24, 2.45) is 5.92 Å². The van der Waals surface area contributed by atoms with Gasteiger partial charge in [-0.3, -0.25) is 4.90 Å². The quantitative estimate of drug-likeness (QED) is 0.883. The lowest BCUT2D eigenvalue weighted by atomic mass is 9.98. The fourth-order valence-corrected chi connectivity index (χ4v) is 3.40. The number of benzene rings is 1. The highest BCUT2D eigenvalue weighted by atomic mass is 79.9. The first-order valence-corrected chi connectivity index (χ1v) is 8.49. The number of nitrogens with one attached hydrogen (secondary N) is 1. The molecule has 1 N–H and O–H groups in total. The van der Waals surface area contributed by atoms with Crippen LogP contribution >= 0.6 is 15.9 Å². The predicted octanol–water partition coefficient (Wildman–Crippen LogP) is 2.93. The summed E-state index contributed by atoms with van der Waals surface area (Å²) in [5, 5.41) is 7.37. The molecule has 5 nitrogen and oxygen atoms in total. The van der Waals surface area contributed by atoms with Crippen molar-refractivity contribution >= 4 is 15.9 Å². The lowest BCUT2D eigenvalue weighted by molar-refractivity contribution is 0.149. The average molecular weight is 365 g/mol. The summed E-state index contributed by atoms with van der Waals surface area (Å²) in [4.78, 5) is 6.94. The summed E-state index contributed by atoms with van der Waals surface area (Å²) < 4.78 is 6.44. The number of hydrogen-bond donors (Lipinski definition) is 1. The summed E-state index contributed by atoms with van der Waals surface area (Å²) in [5.74, 6) is 2.06. The number of nitrogens with zero attached hydrogens (tertiary/aromatic N) is 3. The summed E-state index contributed by atoms with van der Waals surface area (Å²) in [6.45, 7) is 4.01. The topological polar surface area (TPSA) is 54.2 Å². The van der Waals surface area contributed by atoms with Gasteiger partial charge in [0, 0.05) is 16.6 Å². The van der Waals surface area contributed by atoms with E-state index in [0.717, 1.165) is 36.2 Å². The van der Waals surface area contributed by atoms with E-state index in [-0.39, 0.29) is 0 Å². The van der Waals surface area contributed by atoms with Crippen molar-refractivity contribution in [3.63, 3.8) is 0 Å². The van der Waals surface area contributed by atoms with Gasteiger partial charge in [0.2, 0.25) is 11.7 Å². The van der Waals surface area contributed by atoms with Crippen molar-refractivity contribution in [3.05, 3.63) is 34.6 Å². The Morgan fingerprint density at radius 3 is 3.18 bits per heavy atom. The molecule has 0 radical (unpaired) electrons. The first kappa shape index (κ1) is 15.6. The van der Waals surface area contributed by atoms with E-state index in [4.69, 9.17) is 4.52 Å². The van der Waals surface area contributed by atoms with Crippen LogP contribution in [0, 0.1) is 5.92 Å². The summed E-state index contributed by atoms with van der Waals surface area (Å²) in [6, 6.07) is 7.95. The number of halogens is 1. The molecule has 1 aromatic carbocycles. The smallest absolute Gasteiger partial charge is 0.241 e. The van der Waals surface area contributed by atoms with E-state index in [1.807, 2.05) is 31.3 Å². The highest BCUT2D eigenvalue weighted by molar-refractivity contribution is 9.10. The lowest BCUT2D eigenvalue weighted by Gasteiger charge is -2.31. The van der Waals surface area contributed by atoms with Crippen molar-refractivity contribution < 1.29 is 4.52 Å². The summed E-state index contributed by atoms with van der Waals surface area (Å²) >= 11 is 3.47. The van der Waals surface area contributed by atoms with E-state index in [2.05, 4.69) is 36.3 Å². The van der Waals surface area contributed by atoms with Gasteiger partial charge in [-0.05, 0) is 51.0 Å². The van der Waals surface area contributed by atoms with Crippen molar-refractivity contribution in [2.75, 3.05) is 26.7 Å². The van der Waals surface area contributed by atoms with Crippen LogP contribution in [0.1, 0.15) is 18.7 Å². The minimum atomic E-state index is 0.653. The van der Waals surface area contributed by atoms with E-state index in [0.29, 0.717) is 17.6 Å². The standard InChI is InChI=1S/C16H21BrN4O/c1-18-9-12-4-3-7-21(10-12)11-15-19-16(20-22-15)13-5-2-6-14(17)8-13/h2,5-6,8,12,18H,3-4,7,9-11H2,1H3. The number of rotatable bonds is 5. The highest BCUT2D eigenvalue weighted by Gasteiger charge is 2.21. The molecule has 1 aliphatic heterocycles. The van der Waals surface area contributed by atoms with Gasteiger partial charge in [-0.1, -0.05) is 33.2 Å². The second-order valence-electron chi connectivity index (χ2n) is 5.82. The summed E-state index contributed by atoms with van der Waals surface area (Å²) in [5.41, 5.74) is 0.969. The van der Waals surface area contributed by atoms with E-state index >= 15 is 0 Å². The molecule has 2 heterocycles. The zero-order valence-corrected chi connectivity index (χ0v) is 14.3. The second kappa shape index (κ2) is 7.35. The van der Waals surface area contributed by atoms with Crippen molar-refractivity contribution in [3.8, 4) is 11.4 Å². The Bertz CT molecular complexity index is 614. The number of likely N-dealkylation sites (tertiary alicyclic amines) is 1. The van der Waals surface area contributed by atoms with Crippen LogP contribution < -0.4 is 5.32 Å². The minimum Gasteiger partial charge on any atom is -0.338 e. The molecule has 1 saturated heterocycles. The lowest BCUT2D eigenvalue weighted by Crippen LogP contribution is -2.38. The van der Waals surface area contributed by atoms with E-state index < -0.39 is 0 Å². The van der Waals surface area contributed by atoms with Crippen molar-refractivity contribution in [1.82, 2.24) is 20.4 Å². The van der Waals surface area contributed by atoms with Gasteiger partial charge in [-0.15, -0.1) is 0 Å². The third kappa shape index (κ3) is 3.94. The second-order valence-corrected chi connectivity index (χ2v) is 6.74. The fourth-order valence-electron chi connectivity index (χ4n) is 3.01. The van der Waals surface area contributed by atoms with Gasteiger partial charge in [0.25, 0.3) is 0 Å². The fraction of sp³-hybridized carbons (Fsp3) is 0.500. The molecule has 0 amide bonds. The van der Waals surface area contributed by atoms with Crippen LogP contribution in [0.25, 0.3) is 11.4 Å². The molecule has 0 spiro atoms. The zero-order chi connectivity index (χ0) is 15.4. The maximum atomic E-state index is 5.42. The van der Waals surface area contributed by atoms with Gasteiger partial charge >= 0.3 is 0 Å². The van der Waals surface area contributed by atoms with Crippen LogP contribution in [0.5, 0.6) is 0 Å². The molecule has 6 heteroatoms. The van der Waals surface area contributed by atoms with E-state index in [9.17, 15) is 0 Å². The molecule has 1 atom stereocenters. The Morgan fingerprint density at radius 1 is 1.45 bits per heavy atom. The first-order chi connectivity index (χ1) is 10.7. The van der Waals surface area contributed by atoms with Crippen LogP contribution in [0.15, 0.2) is 33.3 Å². The maximum Gasteiger partial charge on any atom is 0.241 e. The number of hydrogen-bond acceptors (Lipinski definition) is 5. The Balaban J connectivity index is 1.64. The van der Waals surface area contributed by atoms with Crippen LogP contribution in [0.2, 0.25) is 0 Å². The van der Waals surface area contributed by atoms with E-state index in [1.165, 1.54) is 12.8 Å². The first-order valence-electron chi connectivity index (χ1n) is 7.70. The maximum absolute atomic E-state index is 5.42. The SMILES string of the molecule is CNCC1CCCN(Cc2nc(-c3cccc(Br)c3)no2)C1. The molecule has 118 valence electrons. The average Bonchev–Trinajstić information content (AvgIpc) is 2.96. The third-order valence-corrected chi connectivity index (χ3v) is 4.50. The van der Waals surface area contributed by atoms with Gasteiger partial charge < -0.3 is 9.84 Å².